The lowest BCUT2D eigenvalue weighted by molar-refractivity contribution is -0.147. The van der Waals surface area contributed by atoms with Crippen molar-refractivity contribution in [3.8, 4) is 5.75 Å². The van der Waals surface area contributed by atoms with Crippen LogP contribution in [0.4, 0.5) is 8.78 Å². The number of unbranched alkanes of at least 4 members (excludes halogenated alkanes) is 2. The topological polar surface area (TPSA) is 38.7 Å². The number of ether oxygens (including phenoxy) is 2. The predicted octanol–water partition coefficient (Wildman–Crippen LogP) is 3.65. The summed E-state index contributed by atoms with van der Waals surface area (Å²) in [7, 11) is 0. The Morgan fingerprint density at radius 3 is 2.60 bits per heavy atom. The van der Waals surface area contributed by atoms with Crippen molar-refractivity contribution in [1.82, 2.24) is 0 Å². The van der Waals surface area contributed by atoms with Crippen LogP contribution in [0, 0.1) is 11.6 Å². The minimum atomic E-state index is -1.07. The Bertz CT molecular complexity index is 399. The predicted molar refractivity (Wildman–Crippen MR) is 72.5 cm³/mol. The van der Waals surface area contributed by atoms with E-state index < -0.39 is 24.0 Å². The van der Waals surface area contributed by atoms with Gasteiger partial charge < -0.3 is 14.6 Å². The largest absolute Gasteiger partial charge is 0.459 e. The number of hydrogen-bond acceptors (Lipinski definition) is 3. The van der Waals surface area contributed by atoms with E-state index in [0.717, 1.165) is 25.3 Å². The van der Waals surface area contributed by atoms with Gasteiger partial charge in [0.1, 0.15) is 6.10 Å². The van der Waals surface area contributed by atoms with E-state index in [2.05, 4.69) is 6.92 Å². The van der Waals surface area contributed by atoms with Crippen molar-refractivity contribution in [3.05, 3.63) is 29.8 Å². The van der Waals surface area contributed by atoms with Crippen LogP contribution >= 0.6 is 0 Å². The van der Waals surface area contributed by atoms with Crippen LogP contribution in [0.25, 0.3) is 0 Å². The molecule has 2 atom stereocenters. The van der Waals surface area contributed by atoms with Gasteiger partial charge in [0.2, 0.25) is 12.1 Å². The second-order valence-corrected chi connectivity index (χ2v) is 4.59. The van der Waals surface area contributed by atoms with Gasteiger partial charge in [0.05, 0.1) is 6.61 Å². The highest BCUT2D eigenvalue weighted by Gasteiger charge is 2.22. The molecule has 0 aliphatic rings. The highest BCUT2D eigenvalue weighted by Crippen LogP contribution is 2.22. The summed E-state index contributed by atoms with van der Waals surface area (Å²) in [5.41, 5.74) is 0. The van der Waals surface area contributed by atoms with Crippen molar-refractivity contribution in [2.75, 3.05) is 6.61 Å². The molecule has 0 unspecified atom stereocenters. The summed E-state index contributed by atoms with van der Waals surface area (Å²) >= 11 is 0. The SMILES string of the molecule is CCCCCO[C@@H](Oc1cccc(F)c1F)[C@@H](O)CC. The maximum Gasteiger partial charge on any atom is 0.226 e. The molecule has 0 radical (unpaired) electrons. The van der Waals surface area contributed by atoms with Crippen molar-refractivity contribution in [2.24, 2.45) is 0 Å². The summed E-state index contributed by atoms with van der Waals surface area (Å²) in [5, 5.41) is 9.83. The molecule has 0 bridgehead atoms. The average molecular weight is 288 g/mol. The normalized spacial score (nSPS) is 14.1. The van der Waals surface area contributed by atoms with E-state index in [-0.39, 0.29) is 5.75 Å². The number of rotatable bonds is 9. The summed E-state index contributed by atoms with van der Waals surface area (Å²) < 4.78 is 37.3. The molecule has 0 fully saturated rings. The highest BCUT2D eigenvalue weighted by atomic mass is 19.2. The molecule has 114 valence electrons. The van der Waals surface area contributed by atoms with Gasteiger partial charge in [-0.05, 0) is 25.0 Å². The quantitative estimate of drug-likeness (QED) is 0.557. The van der Waals surface area contributed by atoms with Crippen molar-refractivity contribution in [1.29, 1.82) is 0 Å². The Hall–Kier alpha value is -1.20. The van der Waals surface area contributed by atoms with Crippen LogP contribution in [-0.4, -0.2) is 24.1 Å². The molecule has 5 heteroatoms. The maximum absolute atomic E-state index is 13.5. The van der Waals surface area contributed by atoms with Gasteiger partial charge in [-0.15, -0.1) is 0 Å². The molecule has 0 heterocycles. The summed E-state index contributed by atoms with van der Waals surface area (Å²) in [5.74, 6) is -2.31. The molecule has 1 aromatic carbocycles. The van der Waals surface area contributed by atoms with Gasteiger partial charge in [0, 0.05) is 0 Å². The van der Waals surface area contributed by atoms with Crippen molar-refractivity contribution in [3.63, 3.8) is 0 Å². The van der Waals surface area contributed by atoms with Crippen LogP contribution in [0.15, 0.2) is 18.2 Å². The zero-order valence-corrected chi connectivity index (χ0v) is 11.9. The number of aliphatic hydroxyl groups excluding tert-OH is 1. The van der Waals surface area contributed by atoms with Crippen molar-refractivity contribution < 1.29 is 23.4 Å². The van der Waals surface area contributed by atoms with Crippen LogP contribution in [-0.2, 0) is 4.74 Å². The number of benzene rings is 1. The zero-order valence-electron chi connectivity index (χ0n) is 11.9. The fraction of sp³-hybridized carbons (Fsp3) is 0.600. The van der Waals surface area contributed by atoms with E-state index in [1.54, 1.807) is 6.92 Å². The third kappa shape index (κ3) is 5.06. The molecule has 0 amide bonds. The fourth-order valence-electron chi connectivity index (χ4n) is 1.67. The van der Waals surface area contributed by atoms with Crippen LogP contribution in [0.2, 0.25) is 0 Å². The molecule has 1 rings (SSSR count). The molecule has 0 spiro atoms. The summed E-state index contributed by atoms with van der Waals surface area (Å²) in [4.78, 5) is 0. The molecule has 1 aromatic rings. The molecule has 0 aliphatic heterocycles. The molecular formula is C15H22F2O3. The molecule has 3 nitrogen and oxygen atoms in total. The number of halogens is 2. The lowest BCUT2D eigenvalue weighted by Crippen LogP contribution is -2.34. The standard InChI is InChI=1S/C15H22F2O3/c1-3-5-6-10-19-15(12(18)4-2)20-13-9-7-8-11(16)14(13)17/h7-9,12,15,18H,3-6,10H2,1-2H3/t12-,15-/m0/s1. The fourth-order valence-corrected chi connectivity index (χ4v) is 1.67. The van der Waals surface area contributed by atoms with Gasteiger partial charge in [-0.1, -0.05) is 32.8 Å². The first kappa shape index (κ1) is 16.9. The van der Waals surface area contributed by atoms with Gasteiger partial charge in [-0.3, -0.25) is 0 Å². The second kappa shape index (κ2) is 8.87. The molecule has 0 saturated heterocycles. The highest BCUT2D eigenvalue weighted by molar-refractivity contribution is 5.25. The molecule has 0 saturated carbocycles. The first-order valence-corrected chi connectivity index (χ1v) is 7.00. The average Bonchev–Trinajstić information content (AvgIpc) is 2.45. The minimum Gasteiger partial charge on any atom is -0.459 e. The molecular weight excluding hydrogens is 266 g/mol. The summed E-state index contributed by atoms with van der Waals surface area (Å²) in [6, 6.07) is 3.67. The Kier molecular flexibility index (Phi) is 7.47. The third-order valence-electron chi connectivity index (χ3n) is 2.92. The Labute approximate surface area is 118 Å². The van der Waals surface area contributed by atoms with Gasteiger partial charge in [0.15, 0.2) is 11.6 Å². The smallest absolute Gasteiger partial charge is 0.226 e. The van der Waals surface area contributed by atoms with Crippen LogP contribution in [0.1, 0.15) is 39.5 Å². The van der Waals surface area contributed by atoms with Crippen LogP contribution in [0.5, 0.6) is 5.75 Å². The summed E-state index contributed by atoms with van der Waals surface area (Å²) in [6.45, 7) is 4.24. The van der Waals surface area contributed by atoms with Gasteiger partial charge in [0.25, 0.3) is 0 Å². The second-order valence-electron chi connectivity index (χ2n) is 4.59. The molecule has 20 heavy (non-hydrogen) atoms. The maximum atomic E-state index is 13.5. The number of aliphatic hydroxyl groups is 1. The van der Waals surface area contributed by atoms with Crippen LogP contribution in [0.3, 0.4) is 0 Å². The van der Waals surface area contributed by atoms with Gasteiger partial charge in [-0.25, -0.2) is 4.39 Å². The Balaban J connectivity index is 2.66. The van der Waals surface area contributed by atoms with E-state index in [1.807, 2.05) is 0 Å². The monoisotopic (exact) mass is 288 g/mol. The molecule has 1 N–H and O–H groups in total. The van der Waals surface area contributed by atoms with Gasteiger partial charge >= 0.3 is 0 Å². The van der Waals surface area contributed by atoms with E-state index in [1.165, 1.54) is 12.1 Å². The summed E-state index contributed by atoms with van der Waals surface area (Å²) in [6.07, 6.45) is 1.40. The van der Waals surface area contributed by atoms with Gasteiger partial charge in [-0.2, -0.15) is 4.39 Å². The first-order valence-electron chi connectivity index (χ1n) is 7.00. The molecule has 0 aliphatic carbocycles. The lowest BCUT2D eigenvalue weighted by atomic mass is 10.2. The molecule has 0 aromatic heterocycles. The Morgan fingerprint density at radius 2 is 1.95 bits per heavy atom. The van der Waals surface area contributed by atoms with Crippen LogP contribution < -0.4 is 4.74 Å². The van der Waals surface area contributed by atoms with Crippen molar-refractivity contribution in [2.45, 2.75) is 51.9 Å². The van der Waals surface area contributed by atoms with E-state index >= 15 is 0 Å². The Morgan fingerprint density at radius 1 is 1.20 bits per heavy atom. The van der Waals surface area contributed by atoms with E-state index in [0.29, 0.717) is 13.0 Å². The van der Waals surface area contributed by atoms with E-state index in [4.69, 9.17) is 9.47 Å². The van der Waals surface area contributed by atoms with E-state index in [9.17, 15) is 13.9 Å². The zero-order chi connectivity index (χ0) is 15.0. The third-order valence-corrected chi connectivity index (χ3v) is 2.92. The minimum absolute atomic E-state index is 0.252. The number of hydrogen-bond donors (Lipinski definition) is 1. The first-order chi connectivity index (χ1) is 9.60. The lowest BCUT2D eigenvalue weighted by Gasteiger charge is -2.23. The van der Waals surface area contributed by atoms with Crippen molar-refractivity contribution >= 4 is 0 Å².